The van der Waals surface area contributed by atoms with E-state index in [1.165, 1.54) is 6.07 Å². The minimum atomic E-state index is -3.04. The Morgan fingerprint density at radius 1 is 1.53 bits per heavy atom. The zero-order valence-corrected chi connectivity index (χ0v) is 10.2. The van der Waals surface area contributed by atoms with E-state index in [0.717, 1.165) is 6.07 Å². The Labute approximate surface area is 108 Å². The number of halogens is 2. The highest BCUT2D eigenvalue weighted by molar-refractivity contribution is 5.92. The molecule has 0 aliphatic rings. The molecule has 1 aromatic rings. The van der Waals surface area contributed by atoms with Crippen LogP contribution in [0.3, 0.4) is 0 Å². The van der Waals surface area contributed by atoms with Crippen molar-refractivity contribution in [3.05, 3.63) is 28.8 Å². The number of carbonyl (C=O) groups excluding carboxylic acids is 1. The molecule has 0 fully saturated rings. The van der Waals surface area contributed by atoms with Gasteiger partial charge in [0.25, 0.3) is 0 Å². The van der Waals surface area contributed by atoms with Crippen molar-refractivity contribution in [2.75, 3.05) is 6.61 Å². The molecule has 0 aliphatic carbocycles. The van der Waals surface area contributed by atoms with Gasteiger partial charge in [-0.25, -0.2) is 4.79 Å². The Kier molecular flexibility index (Phi) is 5.21. The third-order valence-electron chi connectivity index (χ3n) is 2.25. The highest BCUT2D eigenvalue weighted by atomic mass is 19.3. The predicted molar refractivity (Wildman–Crippen MR) is 61.6 cm³/mol. The molecule has 0 saturated carbocycles. The zero-order valence-electron chi connectivity index (χ0n) is 10.2. The number of carbonyl (C=O) groups is 1. The number of nitrogens with zero attached hydrogens (tertiary/aromatic N) is 1. The molecular formula is C12H12F2N2O3. The Morgan fingerprint density at radius 3 is 2.68 bits per heavy atom. The van der Waals surface area contributed by atoms with E-state index in [-0.39, 0.29) is 35.6 Å². The quantitative estimate of drug-likeness (QED) is 0.824. The van der Waals surface area contributed by atoms with Crippen LogP contribution in [0.5, 0.6) is 5.75 Å². The fourth-order valence-electron chi connectivity index (χ4n) is 1.46. The maximum absolute atomic E-state index is 12.2. The first-order chi connectivity index (χ1) is 9.03. The summed E-state index contributed by atoms with van der Waals surface area (Å²) >= 11 is 0. The predicted octanol–water partition coefficient (Wildman–Crippen LogP) is 1.80. The largest absolute Gasteiger partial charge is 0.462 e. The first-order valence-electron chi connectivity index (χ1n) is 5.42. The van der Waals surface area contributed by atoms with Gasteiger partial charge in [-0.1, -0.05) is 0 Å². The molecule has 5 nitrogen and oxygen atoms in total. The van der Waals surface area contributed by atoms with Crippen molar-refractivity contribution < 1.29 is 23.0 Å². The van der Waals surface area contributed by atoms with Crippen molar-refractivity contribution >= 4 is 5.97 Å². The van der Waals surface area contributed by atoms with Crippen LogP contribution in [0, 0.1) is 11.3 Å². The number of nitrogens with two attached hydrogens (primary N) is 1. The van der Waals surface area contributed by atoms with E-state index in [9.17, 15) is 13.6 Å². The number of nitriles is 1. The molecule has 0 amide bonds. The van der Waals surface area contributed by atoms with E-state index < -0.39 is 12.6 Å². The standard InChI is InChI=1S/C12H12F2N2O3/c1-2-18-11(17)9-3-8(6-16)10(19-12(13)14)4-7(9)5-15/h3-4,12H,2,6,16H2,1H3. The number of ether oxygens (including phenoxy) is 2. The third-order valence-corrected chi connectivity index (χ3v) is 2.25. The Morgan fingerprint density at radius 2 is 2.21 bits per heavy atom. The number of rotatable bonds is 5. The molecule has 1 rings (SSSR count). The Bertz CT molecular complexity index is 512. The van der Waals surface area contributed by atoms with Crippen molar-refractivity contribution in [1.82, 2.24) is 0 Å². The van der Waals surface area contributed by atoms with Crippen LogP contribution >= 0.6 is 0 Å². The summed E-state index contributed by atoms with van der Waals surface area (Å²) in [6.45, 7) is -1.40. The van der Waals surface area contributed by atoms with Gasteiger partial charge in [0.2, 0.25) is 0 Å². The van der Waals surface area contributed by atoms with Crippen LogP contribution < -0.4 is 10.5 Å². The summed E-state index contributed by atoms with van der Waals surface area (Å²) in [6, 6.07) is 4.02. The topological polar surface area (TPSA) is 85.3 Å². The lowest BCUT2D eigenvalue weighted by Gasteiger charge is -2.12. The molecule has 2 N–H and O–H groups in total. The smallest absolute Gasteiger partial charge is 0.387 e. The summed E-state index contributed by atoms with van der Waals surface area (Å²) in [4.78, 5) is 11.6. The highest BCUT2D eigenvalue weighted by Gasteiger charge is 2.18. The van der Waals surface area contributed by atoms with Crippen molar-refractivity contribution in [1.29, 1.82) is 5.26 Å². The fraction of sp³-hybridized carbons (Fsp3) is 0.333. The Balaban J connectivity index is 3.27. The summed E-state index contributed by atoms with van der Waals surface area (Å²) in [5, 5.41) is 8.93. The molecule has 0 saturated heterocycles. The molecule has 1 aromatic carbocycles. The van der Waals surface area contributed by atoms with Gasteiger partial charge in [0.05, 0.1) is 17.7 Å². The van der Waals surface area contributed by atoms with Gasteiger partial charge in [0.15, 0.2) is 0 Å². The maximum atomic E-state index is 12.2. The number of esters is 1. The summed E-state index contributed by atoms with van der Waals surface area (Å²) in [5.74, 6) is -0.931. The van der Waals surface area contributed by atoms with Crippen LogP contribution in [0.1, 0.15) is 28.4 Å². The van der Waals surface area contributed by atoms with Gasteiger partial charge in [0, 0.05) is 12.1 Å². The average molecular weight is 270 g/mol. The first-order valence-corrected chi connectivity index (χ1v) is 5.42. The van der Waals surface area contributed by atoms with E-state index >= 15 is 0 Å². The summed E-state index contributed by atoms with van der Waals surface area (Å²) in [5.41, 5.74) is 5.47. The molecule has 0 atom stereocenters. The van der Waals surface area contributed by atoms with Crippen LogP contribution in [0.15, 0.2) is 12.1 Å². The van der Waals surface area contributed by atoms with E-state index in [4.69, 9.17) is 15.7 Å². The van der Waals surface area contributed by atoms with Gasteiger partial charge in [-0.05, 0) is 19.1 Å². The van der Waals surface area contributed by atoms with Gasteiger partial charge in [-0.15, -0.1) is 0 Å². The summed E-state index contributed by atoms with van der Waals surface area (Å²) in [7, 11) is 0. The van der Waals surface area contributed by atoms with E-state index in [0.29, 0.717) is 0 Å². The lowest BCUT2D eigenvalue weighted by atomic mass is 10.0. The molecule has 19 heavy (non-hydrogen) atoms. The van der Waals surface area contributed by atoms with E-state index in [1.54, 1.807) is 13.0 Å². The SMILES string of the molecule is CCOC(=O)c1cc(CN)c(OC(F)F)cc1C#N. The van der Waals surface area contributed by atoms with Crippen LogP contribution in [0.25, 0.3) is 0 Å². The van der Waals surface area contributed by atoms with Crippen LogP contribution in [-0.4, -0.2) is 19.2 Å². The molecular weight excluding hydrogens is 258 g/mol. The molecule has 0 aliphatic heterocycles. The number of alkyl halides is 2. The molecule has 0 aromatic heterocycles. The van der Waals surface area contributed by atoms with Gasteiger partial charge >= 0.3 is 12.6 Å². The van der Waals surface area contributed by atoms with Gasteiger partial charge in [-0.3, -0.25) is 0 Å². The van der Waals surface area contributed by atoms with Crippen molar-refractivity contribution in [2.24, 2.45) is 5.73 Å². The molecule has 7 heteroatoms. The molecule has 102 valence electrons. The minimum Gasteiger partial charge on any atom is -0.462 e. The molecule has 0 bridgehead atoms. The maximum Gasteiger partial charge on any atom is 0.387 e. The lowest BCUT2D eigenvalue weighted by molar-refractivity contribution is -0.0504. The third kappa shape index (κ3) is 3.63. The monoisotopic (exact) mass is 270 g/mol. The van der Waals surface area contributed by atoms with Crippen molar-refractivity contribution in [3.8, 4) is 11.8 Å². The van der Waals surface area contributed by atoms with Crippen LogP contribution in [0.2, 0.25) is 0 Å². The van der Waals surface area contributed by atoms with E-state index in [2.05, 4.69) is 4.74 Å². The lowest BCUT2D eigenvalue weighted by Crippen LogP contribution is -2.12. The molecule has 0 heterocycles. The van der Waals surface area contributed by atoms with Crippen molar-refractivity contribution in [3.63, 3.8) is 0 Å². The van der Waals surface area contributed by atoms with Crippen LogP contribution in [-0.2, 0) is 11.3 Å². The molecule has 0 spiro atoms. The zero-order chi connectivity index (χ0) is 14.4. The highest BCUT2D eigenvalue weighted by Crippen LogP contribution is 2.25. The van der Waals surface area contributed by atoms with Crippen molar-refractivity contribution in [2.45, 2.75) is 20.1 Å². The number of benzene rings is 1. The molecule has 0 unspecified atom stereocenters. The normalized spacial score (nSPS) is 10.1. The minimum absolute atomic E-state index is 0.0218. The van der Waals surface area contributed by atoms with Gasteiger partial charge in [-0.2, -0.15) is 14.0 Å². The van der Waals surface area contributed by atoms with Gasteiger partial charge in [0.1, 0.15) is 11.8 Å². The molecule has 0 radical (unpaired) electrons. The number of hydrogen-bond donors (Lipinski definition) is 1. The fourth-order valence-corrected chi connectivity index (χ4v) is 1.46. The number of hydrogen-bond acceptors (Lipinski definition) is 5. The summed E-state index contributed by atoms with van der Waals surface area (Å²) in [6.07, 6.45) is 0. The Hall–Kier alpha value is -2.20. The summed E-state index contributed by atoms with van der Waals surface area (Å²) < 4.78 is 33.5. The second kappa shape index (κ2) is 6.66. The van der Waals surface area contributed by atoms with E-state index in [1.807, 2.05) is 0 Å². The second-order valence-corrected chi connectivity index (χ2v) is 3.42. The average Bonchev–Trinajstić information content (AvgIpc) is 2.37. The second-order valence-electron chi connectivity index (χ2n) is 3.42. The van der Waals surface area contributed by atoms with Crippen LogP contribution in [0.4, 0.5) is 8.78 Å². The first kappa shape index (κ1) is 14.9. The van der Waals surface area contributed by atoms with Gasteiger partial charge < -0.3 is 15.2 Å².